The lowest BCUT2D eigenvalue weighted by Crippen LogP contribution is -2.23. The standard InChI is InChI=1S/C18H20N2O2S3/c1-12-4-6-15(13(2)10-12)18-20-16(11-23-18)17-7-5-14(24-17)8-9-19-25(3,21)22/h4-7,10-11,19H,8-9H2,1-3H3. The highest BCUT2D eigenvalue weighted by atomic mass is 32.2. The summed E-state index contributed by atoms with van der Waals surface area (Å²) in [6.07, 6.45) is 1.86. The maximum atomic E-state index is 11.1. The number of aryl methyl sites for hydroxylation is 2. The lowest BCUT2D eigenvalue weighted by Gasteiger charge is -2.03. The molecule has 0 saturated carbocycles. The van der Waals surface area contributed by atoms with Gasteiger partial charge in [0.15, 0.2) is 0 Å². The van der Waals surface area contributed by atoms with Gasteiger partial charge in [0.2, 0.25) is 10.0 Å². The number of aromatic nitrogens is 1. The topological polar surface area (TPSA) is 59.1 Å². The minimum Gasteiger partial charge on any atom is -0.235 e. The van der Waals surface area contributed by atoms with Gasteiger partial charge in [0.25, 0.3) is 0 Å². The Balaban J connectivity index is 1.74. The van der Waals surface area contributed by atoms with Gasteiger partial charge in [0.1, 0.15) is 5.01 Å². The van der Waals surface area contributed by atoms with Crippen LogP contribution < -0.4 is 4.72 Å². The zero-order valence-corrected chi connectivity index (χ0v) is 16.8. The summed E-state index contributed by atoms with van der Waals surface area (Å²) in [6.45, 7) is 4.63. The lowest BCUT2D eigenvalue weighted by molar-refractivity contribution is 0.588. The van der Waals surface area contributed by atoms with Gasteiger partial charge < -0.3 is 0 Å². The second-order valence-corrected chi connectivity index (χ2v) is 9.90. The molecule has 3 aromatic rings. The van der Waals surface area contributed by atoms with E-state index in [2.05, 4.69) is 48.2 Å². The largest absolute Gasteiger partial charge is 0.235 e. The van der Waals surface area contributed by atoms with Crippen molar-refractivity contribution in [3.63, 3.8) is 0 Å². The minimum absolute atomic E-state index is 0.420. The van der Waals surface area contributed by atoms with Gasteiger partial charge in [-0.05, 0) is 38.0 Å². The molecule has 0 atom stereocenters. The van der Waals surface area contributed by atoms with E-state index in [9.17, 15) is 8.42 Å². The molecular formula is C18H20N2O2S3. The van der Waals surface area contributed by atoms with Crippen molar-refractivity contribution in [1.82, 2.24) is 9.71 Å². The van der Waals surface area contributed by atoms with E-state index in [1.54, 1.807) is 22.7 Å². The van der Waals surface area contributed by atoms with Crippen LogP contribution in [0.3, 0.4) is 0 Å². The summed E-state index contributed by atoms with van der Waals surface area (Å²) in [5.74, 6) is 0. The number of nitrogens with zero attached hydrogens (tertiary/aromatic N) is 1. The van der Waals surface area contributed by atoms with E-state index >= 15 is 0 Å². The third-order valence-corrected chi connectivity index (χ3v) is 6.54. The molecule has 25 heavy (non-hydrogen) atoms. The maximum absolute atomic E-state index is 11.1. The molecule has 0 radical (unpaired) electrons. The summed E-state index contributed by atoms with van der Waals surface area (Å²) < 4.78 is 24.8. The quantitative estimate of drug-likeness (QED) is 0.682. The Morgan fingerprint density at radius 3 is 2.68 bits per heavy atom. The SMILES string of the molecule is Cc1ccc(-c2nc(-c3ccc(CCNS(C)(=O)=O)s3)cs2)c(C)c1. The molecule has 132 valence electrons. The van der Waals surface area contributed by atoms with Crippen LogP contribution in [0.25, 0.3) is 21.1 Å². The van der Waals surface area contributed by atoms with Crippen LogP contribution in [0.1, 0.15) is 16.0 Å². The Morgan fingerprint density at radius 1 is 1.16 bits per heavy atom. The number of hydrogen-bond donors (Lipinski definition) is 1. The monoisotopic (exact) mass is 392 g/mol. The fraction of sp³-hybridized carbons (Fsp3) is 0.278. The molecule has 1 N–H and O–H groups in total. The van der Waals surface area contributed by atoms with E-state index in [0.29, 0.717) is 13.0 Å². The van der Waals surface area contributed by atoms with Crippen molar-refractivity contribution >= 4 is 32.7 Å². The Kier molecular flexibility index (Phi) is 5.38. The van der Waals surface area contributed by atoms with Crippen molar-refractivity contribution in [3.8, 4) is 21.1 Å². The number of rotatable bonds is 6. The van der Waals surface area contributed by atoms with Crippen LogP contribution >= 0.6 is 22.7 Å². The highest BCUT2D eigenvalue weighted by molar-refractivity contribution is 7.88. The Hall–Kier alpha value is -1.54. The number of hydrogen-bond acceptors (Lipinski definition) is 5. The van der Waals surface area contributed by atoms with Crippen molar-refractivity contribution in [3.05, 3.63) is 51.7 Å². The molecule has 3 rings (SSSR count). The van der Waals surface area contributed by atoms with Crippen molar-refractivity contribution < 1.29 is 8.42 Å². The Labute approximate surface area is 156 Å². The average Bonchev–Trinajstić information content (AvgIpc) is 3.14. The summed E-state index contributed by atoms with van der Waals surface area (Å²) in [4.78, 5) is 7.05. The van der Waals surface area contributed by atoms with E-state index in [0.717, 1.165) is 20.5 Å². The second-order valence-electron chi connectivity index (χ2n) is 6.04. The van der Waals surface area contributed by atoms with Crippen LogP contribution in [0.15, 0.2) is 35.7 Å². The summed E-state index contributed by atoms with van der Waals surface area (Å²) in [5, 5.41) is 3.11. The summed E-state index contributed by atoms with van der Waals surface area (Å²) in [5.41, 5.74) is 4.64. The van der Waals surface area contributed by atoms with E-state index in [-0.39, 0.29) is 0 Å². The van der Waals surface area contributed by atoms with Crippen molar-refractivity contribution in [2.24, 2.45) is 0 Å². The van der Waals surface area contributed by atoms with Crippen LogP contribution in [0.5, 0.6) is 0 Å². The minimum atomic E-state index is -3.13. The predicted octanol–water partition coefficient (Wildman–Crippen LogP) is 4.25. The molecule has 0 aliphatic heterocycles. The van der Waals surface area contributed by atoms with Crippen LogP contribution in [0.4, 0.5) is 0 Å². The molecule has 0 aliphatic carbocycles. The third kappa shape index (κ3) is 4.76. The molecule has 2 heterocycles. The van der Waals surface area contributed by atoms with E-state index in [1.165, 1.54) is 22.9 Å². The van der Waals surface area contributed by atoms with Crippen LogP contribution in [-0.4, -0.2) is 26.2 Å². The Bertz CT molecular complexity index is 987. The molecule has 1 aromatic carbocycles. The molecule has 0 spiro atoms. The van der Waals surface area contributed by atoms with Gasteiger partial charge in [0, 0.05) is 22.4 Å². The van der Waals surface area contributed by atoms with Gasteiger partial charge in [0.05, 0.1) is 16.8 Å². The molecule has 0 saturated heterocycles. The maximum Gasteiger partial charge on any atom is 0.208 e. The van der Waals surface area contributed by atoms with Gasteiger partial charge in [-0.15, -0.1) is 22.7 Å². The summed E-state index contributed by atoms with van der Waals surface area (Å²) >= 11 is 3.31. The number of nitrogens with one attached hydrogen (secondary N) is 1. The van der Waals surface area contributed by atoms with E-state index in [4.69, 9.17) is 4.98 Å². The number of benzene rings is 1. The van der Waals surface area contributed by atoms with Gasteiger partial charge >= 0.3 is 0 Å². The fourth-order valence-corrected chi connectivity index (χ4v) is 5.00. The second kappa shape index (κ2) is 7.37. The van der Waals surface area contributed by atoms with Crippen LogP contribution in [0, 0.1) is 13.8 Å². The molecular weight excluding hydrogens is 372 g/mol. The fourth-order valence-electron chi connectivity index (χ4n) is 2.57. The molecule has 0 unspecified atom stereocenters. The first-order valence-corrected chi connectivity index (χ1v) is 11.5. The first-order chi connectivity index (χ1) is 11.8. The van der Waals surface area contributed by atoms with Gasteiger partial charge in [-0.3, -0.25) is 0 Å². The van der Waals surface area contributed by atoms with Gasteiger partial charge in [-0.2, -0.15) is 0 Å². The smallest absolute Gasteiger partial charge is 0.208 e. The predicted molar refractivity (Wildman–Crippen MR) is 107 cm³/mol. The first-order valence-electron chi connectivity index (χ1n) is 7.89. The molecule has 7 heteroatoms. The van der Waals surface area contributed by atoms with Crippen LogP contribution in [-0.2, 0) is 16.4 Å². The lowest BCUT2D eigenvalue weighted by atomic mass is 10.1. The zero-order valence-electron chi connectivity index (χ0n) is 14.4. The van der Waals surface area contributed by atoms with E-state index in [1.807, 2.05) is 6.07 Å². The van der Waals surface area contributed by atoms with Crippen molar-refractivity contribution in [2.75, 3.05) is 12.8 Å². The number of thiophene rings is 1. The highest BCUT2D eigenvalue weighted by Gasteiger charge is 2.11. The molecule has 0 bridgehead atoms. The number of sulfonamides is 1. The molecule has 0 amide bonds. The molecule has 2 aromatic heterocycles. The van der Waals surface area contributed by atoms with Gasteiger partial charge in [-0.25, -0.2) is 18.1 Å². The van der Waals surface area contributed by atoms with Crippen molar-refractivity contribution in [1.29, 1.82) is 0 Å². The molecule has 4 nitrogen and oxygen atoms in total. The van der Waals surface area contributed by atoms with Crippen molar-refractivity contribution in [2.45, 2.75) is 20.3 Å². The molecule has 0 fully saturated rings. The normalized spacial score (nSPS) is 11.8. The average molecular weight is 393 g/mol. The highest BCUT2D eigenvalue weighted by Crippen LogP contribution is 2.34. The first kappa shape index (κ1) is 18.3. The van der Waals surface area contributed by atoms with E-state index < -0.39 is 10.0 Å². The molecule has 0 aliphatic rings. The third-order valence-electron chi connectivity index (χ3n) is 3.77. The number of thiazole rings is 1. The zero-order chi connectivity index (χ0) is 18.0. The summed E-state index contributed by atoms with van der Waals surface area (Å²) in [7, 11) is -3.13. The Morgan fingerprint density at radius 2 is 1.96 bits per heavy atom. The summed E-state index contributed by atoms with van der Waals surface area (Å²) in [6, 6.07) is 10.5. The van der Waals surface area contributed by atoms with Crippen LogP contribution in [0.2, 0.25) is 0 Å². The van der Waals surface area contributed by atoms with Gasteiger partial charge in [-0.1, -0.05) is 23.8 Å².